The van der Waals surface area contributed by atoms with Gasteiger partial charge >= 0.3 is 0 Å². The van der Waals surface area contributed by atoms with E-state index >= 15 is 0 Å². The van der Waals surface area contributed by atoms with Crippen LogP contribution in [0.5, 0.6) is 5.75 Å². The van der Waals surface area contributed by atoms with Crippen LogP contribution in [0.1, 0.15) is 44.1 Å². The fourth-order valence-corrected chi connectivity index (χ4v) is 4.65. The van der Waals surface area contributed by atoms with E-state index in [-0.39, 0.29) is 0 Å². The Labute approximate surface area is 118 Å². The van der Waals surface area contributed by atoms with Crippen LogP contribution in [0.3, 0.4) is 0 Å². The Hall–Kier alpha value is -0.500. The molecule has 1 aromatic carbocycles. The van der Waals surface area contributed by atoms with Crippen molar-refractivity contribution in [2.75, 3.05) is 0 Å². The Kier molecular flexibility index (Phi) is 3.40. The van der Waals surface area contributed by atoms with Gasteiger partial charge in [-0.1, -0.05) is 47.3 Å². The highest BCUT2D eigenvalue weighted by atomic mass is 79.9. The largest absolute Gasteiger partial charge is 0.490 e. The van der Waals surface area contributed by atoms with Gasteiger partial charge in [-0.3, -0.25) is 0 Å². The van der Waals surface area contributed by atoms with Crippen molar-refractivity contribution in [3.05, 3.63) is 29.8 Å². The van der Waals surface area contributed by atoms with Gasteiger partial charge in [-0.05, 0) is 43.9 Å². The van der Waals surface area contributed by atoms with E-state index in [9.17, 15) is 0 Å². The lowest BCUT2D eigenvalue weighted by atomic mass is 9.58. The van der Waals surface area contributed by atoms with Crippen LogP contribution in [0.25, 0.3) is 0 Å². The van der Waals surface area contributed by atoms with Gasteiger partial charge in [0, 0.05) is 10.2 Å². The minimum absolute atomic E-state index is 0.419. The van der Waals surface area contributed by atoms with Gasteiger partial charge in [-0.15, -0.1) is 0 Å². The van der Waals surface area contributed by atoms with Gasteiger partial charge in [0.15, 0.2) is 0 Å². The second kappa shape index (κ2) is 4.88. The fraction of sp³-hybridized carbons (Fsp3) is 0.625. The van der Waals surface area contributed by atoms with E-state index in [0.29, 0.717) is 16.3 Å². The molecule has 0 saturated heterocycles. The molecule has 0 heterocycles. The van der Waals surface area contributed by atoms with Crippen LogP contribution in [0, 0.1) is 12.3 Å². The minimum atomic E-state index is 0.419. The molecule has 0 aliphatic heterocycles. The summed E-state index contributed by atoms with van der Waals surface area (Å²) >= 11 is 3.87. The van der Waals surface area contributed by atoms with Crippen molar-refractivity contribution in [2.45, 2.75) is 56.4 Å². The third kappa shape index (κ3) is 2.09. The number of rotatable bonds is 2. The summed E-state index contributed by atoms with van der Waals surface area (Å²) in [7, 11) is 0. The SMILES string of the molecule is Cc1cccc(OC2CC(Br)C23CCCCC3)c1. The van der Waals surface area contributed by atoms with Gasteiger partial charge in [0.2, 0.25) is 0 Å². The summed E-state index contributed by atoms with van der Waals surface area (Å²) in [4.78, 5) is 0.667. The molecular weight excluding hydrogens is 288 g/mol. The molecule has 3 rings (SSSR count). The van der Waals surface area contributed by atoms with Crippen LogP contribution < -0.4 is 4.74 Å². The van der Waals surface area contributed by atoms with Crippen molar-refractivity contribution in [1.29, 1.82) is 0 Å². The molecule has 2 saturated carbocycles. The Morgan fingerprint density at radius 2 is 2.00 bits per heavy atom. The third-order valence-electron chi connectivity index (χ3n) is 4.74. The molecule has 2 unspecified atom stereocenters. The lowest BCUT2D eigenvalue weighted by molar-refractivity contribution is -0.0601. The third-order valence-corrected chi connectivity index (χ3v) is 6.02. The highest BCUT2D eigenvalue weighted by molar-refractivity contribution is 9.09. The molecular formula is C16H21BrO. The number of alkyl halides is 1. The summed E-state index contributed by atoms with van der Waals surface area (Å²) in [5, 5.41) is 0. The fourth-order valence-electron chi connectivity index (χ4n) is 3.56. The molecule has 1 aromatic rings. The monoisotopic (exact) mass is 308 g/mol. The first kappa shape index (κ1) is 12.5. The molecule has 2 heteroatoms. The van der Waals surface area contributed by atoms with Crippen molar-refractivity contribution < 1.29 is 4.74 Å². The lowest BCUT2D eigenvalue weighted by Gasteiger charge is -2.55. The molecule has 0 bridgehead atoms. The summed E-state index contributed by atoms with van der Waals surface area (Å²) in [6.07, 6.45) is 8.39. The van der Waals surface area contributed by atoms with Crippen LogP contribution >= 0.6 is 15.9 Å². The van der Waals surface area contributed by atoms with Crippen molar-refractivity contribution in [2.24, 2.45) is 5.41 Å². The molecule has 1 nitrogen and oxygen atoms in total. The van der Waals surface area contributed by atoms with Crippen LogP contribution in [0.4, 0.5) is 0 Å². The molecule has 1 spiro atoms. The predicted octanol–water partition coefficient (Wildman–Crippen LogP) is 4.86. The van der Waals surface area contributed by atoms with Crippen molar-refractivity contribution in [1.82, 2.24) is 0 Å². The first-order valence-corrected chi connectivity index (χ1v) is 8.00. The average Bonchev–Trinajstić information content (AvgIpc) is 2.39. The van der Waals surface area contributed by atoms with Gasteiger partial charge in [0.25, 0.3) is 0 Å². The number of aryl methyl sites for hydroxylation is 1. The smallest absolute Gasteiger partial charge is 0.120 e. The summed E-state index contributed by atoms with van der Waals surface area (Å²) < 4.78 is 6.26. The molecule has 2 fully saturated rings. The number of hydrogen-bond donors (Lipinski definition) is 0. The summed E-state index contributed by atoms with van der Waals surface area (Å²) in [5.41, 5.74) is 1.70. The Morgan fingerprint density at radius 3 is 2.67 bits per heavy atom. The Morgan fingerprint density at radius 1 is 1.22 bits per heavy atom. The summed E-state index contributed by atoms with van der Waals surface area (Å²) in [6.45, 7) is 2.12. The standard InChI is InChI=1S/C16H21BrO/c1-12-6-5-7-13(10-12)18-15-11-14(17)16(15)8-3-2-4-9-16/h5-7,10,14-15H,2-4,8-9,11H2,1H3. The van der Waals surface area contributed by atoms with Gasteiger partial charge in [-0.2, -0.15) is 0 Å². The van der Waals surface area contributed by atoms with E-state index in [1.54, 1.807) is 0 Å². The van der Waals surface area contributed by atoms with E-state index in [4.69, 9.17) is 4.74 Å². The Balaban J connectivity index is 1.73. The molecule has 0 amide bonds. The quantitative estimate of drug-likeness (QED) is 0.709. The number of ether oxygens (including phenoxy) is 1. The van der Waals surface area contributed by atoms with Crippen molar-refractivity contribution in [3.63, 3.8) is 0 Å². The average molecular weight is 309 g/mol. The van der Waals surface area contributed by atoms with E-state index in [2.05, 4.69) is 47.1 Å². The van der Waals surface area contributed by atoms with Gasteiger partial charge < -0.3 is 4.74 Å². The van der Waals surface area contributed by atoms with E-state index < -0.39 is 0 Å². The lowest BCUT2D eigenvalue weighted by Crippen LogP contribution is -2.57. The first-order chi connectivity index (χ1) is 8.71. The number of hydrogen-bond acceptors (Lipinski definition) is 1. The molecule has 2 aliphatic rings. The highest BCUT2D eigenvalue weighted by Crippen LogP contribution is 2.56. The van der Waals surface area contributed by atoms with Crippen molar-refractivity contribution in [3.8, 4) is 5.75 Å². The molecule has 98 valence electrons. The van der Waals surface area contributed by atoms with Crippen LogP contribution in [0.15, 0.2) is 24.3 Å². The topological polar surface area (TPSA) is 9.23 Å². The van der Waals surface area contributed by atoms with Crippen LogP contribution in [-0.2, 0) is 0 Å². The second-order valence-electron chi connectivity index (χ2n) is 5.92. The molecule has 0 N–H and O–H groups in total. The normalized spacial score (nSPS) is 29.9. The maximum Gasteiger partial charge on any atom is 0.120 e. The number of halogens is 1. The van der Waals surface area contributed by atoms with E-state index in [1.807, 2.05) is 0 Å². The number of benzene rings is 1. The van der Waals surface area contributed by atoms with E-state index in [0.717, 1.165) is 12.2 Å². The van der Waals surface area contributed by atoms with E-state index in [1.165, 1.54) is 37.7 Å². The van der Waals surface area contributed by atoms with Crippen molar-refractivity contribution >= 4 is 15.9 Å². The summed E-state index contributed by atoms with van der Waals surface area (Å²) in [5.74, 6) is 1.05. The Bertz CT molecular complexity index is 423. The second-order valence-corrected chi connectivity index (χ2v) is 7.03. The minimum Gasteiger partial charge on any atom is -0.490 e. The zero-order valence-electron chi connectivity index (χ0n) is 11.0. The molecule has 18 heavy (non-hydrogen) atoms. The molecule has 0 aromatic heterocycles. The first-order valence-electron chi connectivity index (χ1n) is 7.08. The summed E-state index contributed by atoms with van der Waals surface area (Å²) in [6, 6.07) is 8.45. The van der Waals surface area contributed by atoms with Crippen LogP contribution in [-0.4, -0.2) is 10.9 Å². The predicted molar refractivity (Wildman–Crippen MR) is 78.4 cm³/mol. The maximum absolute atomic E-state index is 6.26. The van der Waals surface area contributed by atoms with Gasteiger partial charge in [0.1, 0.15) is 11.9 Å². The van der Waals surface area contributed by atoms with Gasteiger partial charge in [-0.25, -0.2) is 0 Å². The maximum atomic E-state index is 6.26. The van der Waals surface area contributed by atoms with Crippen LogP contribution in [0.2, 0.25) is 0 Å². The highest BCUT2D eigenvalue weighted by Gasteiger charge is 2.55. The molecule has 2 atom stereocenters. The zero-order valence-corrected chi connectivity index (χ0v) is 12.6. The van der Waals surface area contributed by atoms with Gasteiger partial charge in [0.05, 0.1) is 0 Å². The molecule has 0 radical (unpaired) electrons. The zero-order chi connectivity index (χ0) is 12.6. The molecule has 2 aliphatic carbocycles.